The Kier molecular flexibility index (Phi) is 4.09. The lowest BCUT2D eigenvalue weighted by Crippen LogP contribution is -2.49. The second-order valence-electron chi connectivity index (χ2n) is 6.56. The number of methoxy groups -OCH3 is 1. The molecule has 1 amide bonds. The van der Waals surface area contributed by atoms with E-state index in [0.717, 1.165) is 34.3 Å². The maximum atomic E-state index is 13.3. The van der Waals surface area contributed by atoms with Gasteiger partial charge in [0.05, 0.1) is 7.11 Å². The van der Waals surface area contributed by atoms with Crippen molar-refractivity contribution >= 4 is 27.5 Å². The molecule has 124 valence electrons. The number of fused-ring (bicyclic) bond motifs is 3. The number of halogens is 1. The van der Waals surface area contributed by atoms with Crippen LogP contribution in [0.1, 0.15) is 47.5 Å². The zero-order chi connectivity index (χ0) is 16.7. The lowest BCUT2D eigenvalue weighted by atomic mass is 9.74. The van der Waals surface area contributed by atoms with Crippen LogP contribution in [0.15, 0.2) is 46.9 Å². The van der Waals surface area contributed by atoms with Crippen molar-refractivity contribution in [2.24, 2.45) is 0 Å². The van der Waals surface area contributed by atoms with E-state index in [1.165, 1.54) is 18.4 Å². The van der Waals surface area contributed by atoms with Crippen molar-refractivity contribution in [3.63, 3.8) is 0 Å². The Morgan fingerprint density at radius 1 is 1.08 bits per heavy atom. The molecule has 0 bridgehead atoms. The molecule has 0 spiro atoms. The van der Waals surface area contributed by atoms with Crippen LogP contribution in [0.2, 0.25) is 0 Å². The van der Waals surface area contributed by atoms with Crippen LogP contribution in [0.4, 0.5) is 5.69 Å². The largest absolute Gasteiger partial charge is 0.497 e. The van der Waals surface area contributed by atoms with Gasteiger partial charge in [-0.3, -0.25) is 4.79 Å². The molecule has 4 rings (SSSR count). The van der Waals surface area contributed by atoms with E-state index in [1.807, 2.05) is 35.2 Å². The highest BCUT2D eigenvalue weighted by Crippen LogP contribution is 2.44. The van der Waals surface area contributed by atoms with E-state index < -0.39 is 0 Å². The molecule has 1 fully saturated rings. The molecule has 2 atom stereocenters. The normalized spacial score (nSPS) is 22.8. The van der Waals surface area contributed by atoms with Crippen LogP contribution in [-0.2, 0) is 0 Å². The molecule has 1 heterocycles. The summed E-state index contributed by atoms with van der Waals surface area (Å²) >= 11 is 3.51. The van der Waals surface area contributed by atoms with Crippen molar-refractivity contribution in [1.29, 1.82) is 0 Å². The molecule has 4 heteroatoms. The zero-order valence-corrected chi connectivity index (χ0v) is 15.3. The molecule has 1 aliphatic carbocycles. The molecular weight excluding hydrogens is 366 g/mol. The standard InChI is InChI=1S/C20H20BrNO2/c1-24-15-9-7-14(8-10-15)22-19-5-3-2-4-17(19)16-11-6-13(21)12-18(16)20(22)23/h6-12,17,19H,2-5H2,1H3. The van der Waals surface area contributed by atoms with Crippen molar-refractivity contribution in [2.45, 2.75) is 37.6 Å². The van der Waals surface area contributed by atoms with Gasteiger partial charge < -0.3 is 9.64 Å². The van der Waals surface area contributed by atoms with Gasteiger partial charge in [0.15, 0.2) is 0 Å². The lowest BCUT2D eigenvalue weighted by Gasteiger charge is -2.44. The van der Waals surface area contributed by atoms with E-state index in [9.17, 15) is 4.79 Å². The minimum Gasteiger partial charge on any atom is -0.497 e. The molecule has 2 unspecified atom stereocenters. The fourth-order valence-electron chi connectivity index (χ4n) is 4.15. The van der Waals surface area contributed by atoms with Gasteiger partial charge in [-0.15, -0.1) is 0 Å². The van der Waals surface area contributed by atoms with Crippen molar-refractivity contribution in [1.82, 2.24) is 0 Å². The Morgan fingerprint density at radius 2 is 1.83 bits per heavy atom. The predicted octanol–water partition coefficient (Wildman–Crippen LogP) is 5.14. The van der Waals surface area contributed by atoms with Crippen LogP contribution in [0.5, 0.6) is 5.75 Å². The fourth-order valence-corrected chi connectivity index (χ4v) is 4.51. The van der Waals surface area contributed by atoms with Gasteiger partial charge in [0.2, 0.25) is 0 Å². The quantitative estimate of drug-likeness (QED) is 0.715. The van der Waals surface area contributed by atoms with Crippen molar-refractivity contribution < 1.29 is 9.53 Å². The third-order valence-corrected chi connectivity index (χ3v) is 5.77. The van der Waals surface area contributed by atoms with Crippen LogP contribution >= 0.6 is 15.9 Å². The molecule has 0 N–H and O–H groups in total. The average Bonchev–Trinajstić information content (AvgIpc) is 2.62. The molecule has 0 radical (unpaired) electrons. The fraction of sp³-hybridized carbons (Fsp3) is 0.350. The second kappa shape index (κ2) is 6.25. The van der Waals surface area contributed by atoms with Gasteiger partial charge in [-0.25, -0.2) is 0 Å². The minimum absolute atomic E-state index is 0.111. The number of ether oxygens (including phenoxy) is 1. The summed E-state index contributed by atoms with van der Waals surface area (Å²) in [6.45, 7) is 0. The van der Waals surface area contributed by atoms with Crippen LogP contribution in [0.25, 0.3) is 0 Å². The van der Waals surface area contributed by atoms with E-state index in [4.69, 9.17) is 4.74 Å². The highest BCUT2D eigenvalue weighted by atomic mass is 79.9. The highest BCUT2D eigenvalue weighted by Gasteiger charge is 2.41. The Hall–Kier alpha value is -1.81. The number of hydrogen-bond donors (Lipinski definition) is 0. The number of carbonyl (C=O) groups is 1. The molecule has 3 nitrogen and oxygen atoms in total. The topological polar surface area (TPSA) is 29.5 Å². The van der Waals surface area contributed by atoms with Gasteiger partial charge in [0, 0.05) is 27.7 Å². The van der Waals surface area contributed by atoms with Crippen LogP contribution < -0.4 is 9.64 Å². The summed E-state index contributed by atoms with van der Waals surface area (Å²) in [7, 11) is 1.66. The van der Waals surface area contributed by atoms with Crippen LogP contribution in [-0.4, -0.2) is 19.1 Å². The van der Waals surface area contributed by atoms with E-state index >= 15 is 0 Å². The average molecular weight is 386 g/mol. The smallest absolute Gasteiger partial charge is 0.258 e. The van der Waals surface area contributed by atoms with Gasteiger partial charge >= 0.3 is 0 Å². The number of benzene rings is 2. The molecule has 0 aromatic heterocycles. The Bertz CT molecular complexity index is 772. The number of hydrogen-bond acceptors (Lipinski definition) is 2. The summed E-state index contributed by atoms with van der Waals surface area (Å²) in [5.41, 5.74) is 3.02. The molecule has 2 aromatic rings. The van der Waals surface area contributed by atoms with E-state index in [-0.39, 0.29) is 11.9 Å². The number of anilines is 1. The summed E-state index contributed by atoms with van der Waals surface area (Å²) in [5, 5.41) is 0. The number of rotatable bonds is 2. The molecule has 0 saturated heterocycles. The summed E-state index contributed by atoms with van der Waals surface area (Å²) < 4.78 is 6.21. The molecule has 2 aromatic carbocycles. The summed E-state index contributed by atoms with van der Waals surface area (Å²) in [4.78, 5) is 15.3. The van der Waals surface area contributed by atoms with Crippen molar-refractivity contribution in [3.05, 3.63) is 58.1 Å². The van der Waals surface area contributed by atoms with E-state index in [0.29, 0.717) is 5.92 Å². The maximum absolute atomic E-state index is 13.3. The third kappa shape index (κ3) is 2.53. The maximum Gasteiger partial charge on any atom is 0.258 e. The first-order valence-electron chi connectivity index (χ1n) is 8.46. The number of amides is 1. The van der Waals surface area contributed by atoms with E-state index in [2.05, 4.69) is 28.1 Å². The SMILES string of the molecule is COc1ccc(N2C(=O)c3cc(Br)ccc3C3CCCCC32)cc1. The van der Waals surface area contributed by atoms with Gasteiger partial charge in [-0.2, -0.15) is 0 Å². The van der Waals surface area contributed by atoms with Crippen LogP contribution in [0, 0.1) is 0 Å². The molecule has 1 saturated carbocycles. The zero-order valence-electron chi connectivity index (χ0n) is 13.7. The third-order valence-electron chi connectivity index (χ3n) is 5.28. The number of carbonyl (C=O) groups excluding carboxylic acids is 1. The summed E-state index contributed by atoms with van der Waals surface area (Å²) in [5.74, 6) is 1.35. The Balaban J connectivity index is 1.82. The van der Waals surface area contributed by atoms with Gasteiger partial charge in [-0.05, 0) is 54.8 Å². The summed E-state index contributed by atoms with van der Waals surface area (Å²) in [6, 6.07) is 14.3. The van der Waals surface area contributed by atoms with Crippen LogP contribution in [0.3, 0.4) is 0 Å². The highest BCUT2D eigenvalue weighted by molar-refractivity contribution is 9.10. The molecule has 24 heavy (non-hydrogen) atoms. The summed E-state index contributed by atoms with van der Waals surface area (Å²) in [6.07, 6.45) is 4.64. The van der Waals surface area contributed by atoms with Gasteiger partial charge in [0.25, 0.3) is 5.91 Å². The first-order valence-corrected chi connectivity index (χ1v) is 9.25. The Morgan fingerprint density at radius 3 is 2.58 bits per heavy atom. The second-order valence-corrected chi connectivity index (χ2v) is 7.48. The molecule has 2 aliphatic rings. The van der Waals surface area contributed by atoms with Crippen molar-refractivity contribution in [3.8, 4) is 5.75 Å². The predicted molar refractivity (Wildman–Crippen MR) is 98.9 cm³/mol. The van der Waals surface area contributed by atoms with E-state index in [1.54, 1.807) is 7.11 Å². The first kappa shape index (κ1) is 15.7. The minimum atomic E-state index is 0.111. The van der Waals surface area contributed by atoms with Crippen molar-refractivity contribution in [2.75, 3.05) is 12.0 Å². The molecular formula is C20H20BrNO2. The van der Waals surface area contributed by atoms with Gasteiger partial charge in [-0.1, -0.05) is 34.8 Å². The first-order chi connectivity index (χ1) is 11.7. The molecule has 1 aliphatic heterocycles. The Labute approximate surface area is 150 Å². The lowest BCUT2D eigenvalue weighted by molar-refractivity contribution is 0.0951. The monoisotopic (exact) mass is 385 g/mol. The van der Waals surface area contributed by atoms with Gasteiger partial charge in [0.1, 0.15) is 5.75 Å². The number of nitrogens with zero attached hydrogens (tertiary/aromatic N) is 1.